The number of carbonyl (C=O) groups excluding carboxylic acids is 1. The second-order valence-electron chi connectivity index (χ2n) is 4.66. The minimum absolute atomic E-state index is 0. The molecule has 6 heteroatoms. The molecule has 1 spiro atoms. The minimum atomic E-state index is -0.180. The smallest absolute Gasteiger partial charge is 0.289 e. The summed E-state index contributed by atoms with van der Waals surface area (Å²) in [5, 5.41) is 3.29. The van der Waals surface area contributed by atoms with Crippen LogP contribution < -0.4 is 5.32 Å². The number of nitrogens with one attached hydrogen (secondary N) is 1. The van der Waals surface area contributed by atoms with Gasteiger partial charge < -0.3 is 19.4 Å². The summed E-state index contributed by atoms with van der Waals surface area (Å²) in [5.74, 6) is 0.373. The molecule has 2 aliphatic heterocycles. The van der Waals surface area contributed by atoms with Crippen LogP contribution in [0.25, 0.3) is 0 Å². The van der Waals surface area contributed by atoms with Crippen LogP contribution in [0.4, 0.5) is 0 Å². The zero-order valence-corrected chi connectivity index (χ0v) is 10.9. The summed E-state index contributed by atoms with van der Waals surface area (Å²) in [6.45, 7) is 3.69. The van der Waals surface area contributed by atoms with E-state index in [1.165, 1.54) is 6.26 Å². The molecule has 0 aliphatic carbocycles. The van der Waals surface area contributed by atoms with E-state index in [1.54, 1.807) is 12.1 Å². The summed E-state index contributed by atoms with van der Waals surface area (Å²) in [6, 6.07) is 3.44. The van der Waals surface area contributed by atoms with Crippen LogP contribution in [0.5, 0.6) is 0 Å². The van der Waals surface area contributed by atoms with Crippen molar-refractivity contribution in [1.82, 2.24) is 10.2 Å². The van der Waals surface area contributed by atoms with Crippen molar-refractivity contribution in [3.8, 4) is 0 Å². The Balaban J connectivity index is 0.00000120. The van der Waals surface area contributed by atoms with Gasteiger partial charge in [-0.05, 0) is 25.1 Å². The highest BCUT2D eigenvalue weighted by molar-refractivity contribution is 5.91. The van der Waals surface area contributed by atoms with Crippen LogP contribution in [0.15, 0.2) is 22.8 Å². The lowest BCUT2D eigenvalue weighted by atomic mass is 10.0. The van der Waals surface area contributed by atoms with Crippen LogP contribution in [-0.2, 0) is 4.74 Å². The van der Waals surface area contributed by atoms with Gasteiger partial charge in [0.2, 0.25) is 0 Å². The van der Waals surface area contributed by atoms with Gasteiger partial charge in [-0.2, -0.15) is 0 Å². The van der Waals surface area contributed by atoms with Crippen molar-refractivity contribution in [2.45, 2.75) is 12.0 Å². The predicted molar refractivity (Wildman–Crippen MR) is 68.0 cm³/mol. The van der Waals surface area contributed by atoms with Gasteiger partial charge in [-0.3, -0.25) is 4.79 Å². The molecule has 2 fully saturated rings. The molecule has 1 N–H and O–H groups in total. The number of ether oxygens (including phenoxy) is 1. The largest absolute Gasteiger partial charge is 0.459 e. The molecule has 3 heterocycles. The van der Waals surface area contributed by atoms with E-state index in [0.29, 0.717) is 25.5 Å². The van der Waals surface area contributed by atoms with Crippen molar-refractivity contribution in [2.75, 3.05) is 32.8 Å². The number of nitrogens with zero attached hydrogens (tertiary/aromatic N) is 1. The van der Waals surface area contributed by atoms with Crippen LogP contribution in [0.1, 0.15) is 17.0 Å². The van der Waals surface area contributed by atoms with Crippen LogP contribution in [0.3, 0.4) is 0 Å². The van der Waals surface area contributed by atoms with Crippen molar-refractivity contribution < 1.29 is 13.9 Å². The molecule has 0 aromatic carbocycles. The van der Waals surface area contributed by atoms with Gasteiger partial charge in [-0.1, -0.05) is 0 Å². The number of hydrogen-bond acceptors (Lipinski definition) is 4. The first-order valence-corrected chi connectivity index (χ1v) is 5.97. The van der Waals surface area contributed by atoms with Gasteiger partial charge in [0.1, 0.15) is 0 Å². The maximum atomic E-state index is 12.2. The molecule has 3 rings (SSSR count). The first-order chi connectivity index (χ1) is 8.29. The van der Waals surface area contributed by atoms with E-state index >= 15 is 0 Å². The predicted octanol–water partition coefficient (Wildman–Crippen LogP) is 0.906. The number of amides is 1. The summed E-state index contributed by atoms with van der Waals surface area (Å²) in [6.07, 6.45) is 2.50. The van der Waals surface area contributed by atoms with E-state index in [2.05, 4.69) is 5.32 Å². The summed E-state index contributed by atoms with van der Waals surface area (Å²) in [4.78, 5) is 14.0. The number of halogens is 1. The van der Waals surface area contributed by atoms with Gasteiger partial charge in [-0.25, -0.2) is 0 Å². The molecule has 100 valence electrons. The zero-order valence-electron chi connectivity index (χ0n) is 10.1. The van der Waals surface area contributed by atoms with Crippen molar-refractivity contribution in [1.29, 1.82) is 0 Å². The monoisotopic (exact) mass is 272 g/mol. The Morgan fingerprint density at radius 1 is 1.50 bits per heavy atom. The Morgan fingerprint density at radius 2 is 2.39 bits per heavy atom. The molecule has 0 bridgehead atoms. The van der Waals surface area contributed by atoms with Crippen molar-refractivity contribution in [3.63, 3.8) is 0 Å². The highest BCUT2D eigenvalue weighted by Gasteiger charge is 2.41. The Hall–Kier alpha value is -1.04. The molecule has 1 unspecified atom stereocenters. The number of hydrogen-bond donors (Lipinski definition) is 1. The topological polar surface area (TPSA) is 54.7 Å². The summed E-state index contributed by atoms with van der Waals surface area (Å²) >= 11 is 0. The third kappa shape index (κ3) is 2.39. The SMILES string of the molecule is Cl.O=C(c1ccco1)N1CCOC2(CCNC2)C1. The van der Waals surface area contributed by atoms with Crippen LogP contribution in [-0.4, -0.2) is 49.2 Å². The highest BCUT2D eigenvalue weighted by Crippen LogP contribution is 2.25. The first kappa shape index (κ1) is 13.4. The lowest BCUT2D eigenvalue weighted by Gasteiger charge is -2.39. The molecule has 18 heavy (non-hydrogen) atoms. The van der Waals surface area contributed by atoms with E-state index in [-0.39, 0.29) is 23.9 Å². The summed E-state index contributed by atoms with van der Waals surface area (Å²) < 4.78 is 11.0. The van der Waals surface area contributed by atoms with Gasteiger partial charge in [-0.15, -0.1) is 12.4 Å². The van der Waals surface area contributed by atoms with Gasteiger partial charge in [0.05, 0.1) is 25.0 Å². The average molecular weight is 273 g/mol. The fourth-order valence-electron chi connectivity index (χ4n) is 2.55. The van der Waals surface area contributed by atoms with Gasteiger partial charge in [0.15, 0.2) is 5.76 Å². The summed E-state index contributed by atoms with van der Waals surface area (Å²) in [7, 11) is 0. The normalized spacial score (nSPS) is 27.2. The minimum Gasteiger partial charge on any atom is -0.459 e. The third-order valence-electron chi connectivity index (χ3n) is 3.47. The molecule has 1 aromatic heterocycles. The molecule has 1 atom stereocenters. The fraction of sp³-hybridized carbons (Fsp3) is 0.583. The average Bonchev–Trinajstić information content (AvgIpc) is 3.00. The van der Waals surface area contributed by atoms with E-state index in [1.807, 2.05) is 4.90 Å². The number of carbonyl (C=O) groups is 1. The van der Waals surface area contributed by atoms with Crippen molar-refractivity contribution >= 4 is 18.3 Å². The van der Waals surface area contributed by atoms with Gasteiger partial charge in [0, 0.05) is 13.1 Å². The van der Waals surface area contributed by atoms with Gasteiger partial charge >= 0.3 is 0 Å². The van der Waals surface area contributed by atoms with Crippen molar-refractivity contribution in [3.05, 3.63) is 24.2 Å². The van der Waals surface area contributed by atoms with Crippen molar-refractivity contribution in [2.24, 2.45) is 0 Å². The van der Waals surface area contributed by atoms with E-state index < -0.39 is 0 Å². The maximum Gasteiger partial charge on any atom is 0.289 e. The Bertz CT molecular complexity index is 401. The number of furan rings is 1. The second-order valence-corrected chi connectivity index (χ2v) is 4.66. The molecular weight excluding hydrogens is 256 g/mol. The lowest BCUT2D eigenvalue weighted by Crippen LogP contribution is -2.54. The molecule has 1 amide bonds. The van der Waals surface area contributed by atoms with E-state index in [0.717, 1.165) is 19.5 Å². The Labute approximate surface area is 112 Å². The molecule has 5 nitrogen and oxygen atoms in total. The number of morpholine rings is 1. The summed E-state index contributed by atoms with van der Waals surface area (Å²) in [5.41, 5.74) is -0.180. The molecule has 1 aromatic rings. The lowest BCUT2D eigenvalue weighted by molar-refractivity contribution is -0.0871. The maximum absolute atomic E-state index is 12.2. The molecular formula is C12H17ClN2O3. The zero-order chi connectivity index (χ0) is 11.7. The van der Waals surface area contributed by atoms with Crippen LogP contribution >= 0.6 is 12.4 Å². The van der Waals surface area contributed by atoms with E-state index in [4.69, 9.17) is 9.15 Å². The number of rotatable bonds is 1. The second kappa shape index (κ2) is 5.30. The molecule has 2 aliphatic rings. The Kier molecular flexibility index (Phi) is 3.94. The molecule has 0 radical (unpaired) electrons. The van der Waals surface area contributed by atoms with E-state index in [9.17, 15) is 4.79 Å². The van der Waals surface area contributed by atoms with Crippen LogP contribution in [0.2, 0.25) is 0 Å². The third-order valence-corrected chi connectivity index (χ3v) is 3.47. The highest BCUT2D eigenvalue weighted by atomic mass is 35.5. The molecule has 0 saturated carbocycles. The standard InChI is InChI=1S/C12H16N2O3.ClH/c15-11(10-2-1-6-16-10)14-5-7-17-12(9-14)3-4-13-8-12;/h1-2,6,13H,3-5,7-9H2;1H. The quantitative estimate of drug-likeness (QED) is 0.826. The van der Waals surface area contributed by atoms with Crippen LogP contribution in [0, 0.1) is 0 Å². The molecule has 2 saturated heterocycles. The Morgan fingerprint density at radius 3 is 3.06 bits per heavy atom. The van der Waals surface area contributed by atoms with Gasteiger partial charge in [0.25, 0.3) is 5.91 Å². The first-order valence-electron chi connectivity index (χ1n) is 5.97. The fourth-order valence-corrected chi connectivity index (χ4v) is 2.55.